The van der Waals surface area contributed by atoms with Gasteiger partial charge in [-0.1, -0.05) is 30.3 Å². The number of nitrogens with zero attached hydrogens (tertiary/aromatic N) is 1. The second kappa shape index (κ2) is 11.0. The van der Waals surface area contributed by atoms with Gasteiger partial charge in [0.25, 0.3) is 0 Å². The number of carbonyl (C=O) groups excluding carboxylic acids is 2. The average molecular weight is 440 g/mol. The molecule has 0 N–H and O–H groups in total. The van der Waals surface area contributed by atoms with Crippen LogP contribution in [0.4, 0.5) is 4.79 Å². The predicted molar refractivity (Wildman–Crippen MR) is 116 cm³/mol. The number of likely N-dealkylation sites (tertiary alicyclic amines) is 1. The molecule has 172 valence electrons. The van der Waals surface area contributed by atoms with E-state index in [0.717, 1.165) is 43.6 Å². The molecular formula is C25H29NO6-2. The maximum atomic E-state index is 12.9. The smallest absolute Gasteiger partial charge is 0.166 e. The molecule has 0 bridgehead atoms. The molecule has 0 spiro atoms. The molecule has 0 saturated carbocycles. The second-order valence-electron chi connectivity index (χ2n) is 8.32. The Morgan fingerprint density at radius 2 is 1.62 bits per heavy atom. The Hall–Kier alpha value is -3.06. The van der Waals surface area contributed by atoms with Crippen molar-refractivity contribution in [2.75, 3.05) is 27.3 Å². The number of rotatable bonds is 6. The largest absolute Gasteiger partial charge is 0.652 e. The molecule has 1 heterocycles. The topological polar surface area (TPSA) is 102 Å². The van der Waals surface area contributed by atoms with Gasteiger partial charge in [0.1, 0.15) is 0 Å². The van der Waals surface area contributed by atoms with E-state index in [1.165, 1.54) is 18.4 Å². The van der Waals surface area contributed by atoms with Gasteiger partial charge < -0.3 is 24.5 Å². The molecule has 2 aromatic carbocycles. The van der Waals surface area contributed by atoms with Gasteiger partial charge in [0, 0.05) is 18.0 Å². The van der Waals surface area contributed by atoms with Crippen LogP contribution in [0.5, 0.6) is 11.5 Å². The van der Waals surface area contributed by atoms with Crippen LogP contribution in [0.25, 0.3) is 0 Å². The van der Waals surface area contributed by atoms with Gasteiger partial charge in [0.05, 0.1) is 14.2 Å². The van der Waals surface area contributed by atoms with Crippen LogP contribution in [-0.4, -0.2) is 44.1 Å². The van der Waals surface area contributed by atoms with E-state index in [1.807, 2.05) is 12.1 Å². The van der Waals surface area contributed by atoms with Crippen molar-refractivity contribution in [2.45, 2.75) is 32.2 Å². The lowest BCUT2D eigenvalue weighted by Gasteiger charge is -2.32. The monoisotopic (exact) mass is 439 g/mol. The first kappa shape index (κ1) is 23.6. The fraction of sp³-hybridized carbons (Fsp3) is 0.440. The van der Waals surface area contributed by atoms with E-state index in [1.54, 1.807) is 14.2 Å². The van der Waals surface area contributed by atoms with Gasteiger partial charge in [0.15, 0.2) is 17.3 Å². The third-order valence-corrected chi connectivity index (χ3v) is 6.29. The number of benzene rings is 2. The maximum Gasteiger partial charge on any atom is 0.166 e. The molecule has 2 aliphatic rings. The molecule has 1 aliphatic heterocycles. The van der Waals surface area contributed by atoms with Gasteiger partial charge in [-0.15, -0.1) is 0 Å². The van der Waals surface area contributed by atoms with Crippen LogP contribution in [0.3, 0.4) is 0 Å². The highest BCUT2D eigenvalue weighted by molar-refractivity contribution is 6.02. The molecule has 1 aliphatic carbocycles. The minimum absolute atomic E-state index is 0.109. The molecule has 1 saturated heterocycles. The first-order valence-electron chi connectivity index (χ1n) is 10.8. The summed E-state index contributed by atoms with van der Waals surface area (Å²) in [5.74, 6) is 2.38. The SMILES string of the molecule is COc1cc2c(cc1OC)C(=O)C(CC1CCN(Cc3ccccc3)CC1)C2.O=C([O-])[O-]. The predicted octanol–water partition coefficient (Wildman–Crippen LogP) is 1.91. The van der Waals surface area contributed by atoms with Crippen LogP contribution in [0, 0.1) is 11.8 Å². The van der Waals surface area contributed by atoms with Crippen LogP contribution >= 0.6 is 0 Å². The summed E-state index contributed by atoms with van der Waals surface area (Å²) in [5, 5.41) is 16.7. The van der Waals surface area contributed by atoms with E-state index in [4.69, 9.17) is 24.5 Å². The highest BCUT2D eigenvalue weighted by Crippen LogP contribution is 2.39. The summed E-state index contributed by atoms with van der Waals surface area (Å²) in [7, 11) is 3.26. The fourth-order valence-electron chi connectivity index (χ4n) is 4.71. The lowest BCUT2D eigenvalue weighted by atomic mass is 9.85. The minimum atomic E-state index is -2.33. The third-order valence-electron chi connectivity index (χ3n) is 6.29. The number of Topliss-reactive ketones (excluding diaryl/α,β-unsaturated/α-hetero) is 1. The van der Waals surface area contributed by atoms with Crippen molar-refractivity contribution >= 4 is 11.9 Å². The summed E-state index contributed by atoms with van der Waals surface area (Å²) in [4.78, 5) is 23.8. The van der Waals surface area contributed by atoms with Crippen LogP contribution in [0.1, 0.15) is 40.7 Å². The lowest BCUT2D eigenvalue weighted by molar-refractivity contribution is -0.415. The number of carbonyl (C=O) groups is 2. The van der Waals surface area contributed by atoms with Gasteiger partial charge in [-0.2, -0.15) is 0 Å². The zero-order chi connectivity index (χ0) is 23.1. The highest BCUT2D eigenvalue weighted by atomic mass is 16.6. The number of fused-ring (bicyclic) bond motifs is 1. The molecular weight excluding hydrogens is 410 g/mol. The Bertz CT molecular complexity index is 918. The average Bonchev–Trinajstić information content (AvgIpc) is 3.08. The summed E-state index contributed by atoms with van der Waals surface area (Å²) < 4.78 is 10.8. The zero-order valence-corrected chi connectivity index (χ0v) is 18.5. The van der Waals surface area contributed by atoms with Gasteiger partial charge in [-0.3, -0.25) is 9.69 Å². The van der Waals surface area contributed by atoms with Crippen molar-refractivity contribution in [3.8, 4) is 11.5 Å². The number of ketones is 1. The van der Waals surface area contributed by atoms with E-state index in [-0.39, 0.29) is 11.7 Å². The number of hydrogen-bond acceptors (Lipinski definition) is 7. The van der Waals surface area contributed by atoms with Crippen LogP contribution in [-0.2, 0) is 13.0 Å². The van der Waals surface area contributed by atoms with Gasteiger partial charge in [-0.05, 0) is 74.1 Å². The zero-order valence-electron chi connectivity index (χ0n) is 18.5. The molecule has 32 heavy (non-hydrogen) atoms. The first-order valence-corrected chi connectivity index (χ1v) is 10.8. The molecule has 2 aromatic rings. The summed E-state index contributed by atoms with van der Waals surface area (Å²) in [6, 6.07) is 14.5. The third kappa shape index (κ3) is 6.01. The number of methoxy groups -OCH3 is 2. The van der Waals surface area contributed by atoms with Gasteiger partial charge >= 0.3 is 0 Å². The molecule has 0 amide bonds. The summed E-state index contributed by atoms with van der Waals surface area (Å²) in [5.41, 5.74) is 3.31. The van der Waals surface area contributed by atoms with Crippen molar-refractivity contribution in [1.82, 2.24) is 4.90 Å². The molecule has 4 rings (SSSR count). The molecule has 0 radical (unpaired) electrons. The number of carboxylic acid groups (broad SMARTS) is 2. The van der Waals surface area contributed by atoms with E-state index >= 15 is 0 Å². The normalized spacial score (nSPS) is 18.4. The molecule has 1 unspecified atom stereocenters. The highest BCUT2D eigenvalue weighted by Gasteiger charge is 2.34. The van der Waals surface area contributed by atoms with E-state index in [2.05, 4.69) is 35.2 Å². The Balaban J connectivity index is 0.000000668. The Labute approximate surface area is 188 Å². The number of ether oxygens (including phenoxy) is 2. The summed E-state index contributed by atoms with van der Waals surface area (Å²) in [6.07, 6.45) is 1.86. The van der Waals surface area contributed by atoms with Crippen molar-refractivity contribution in [3.63, 3.8) is 0 Å². The van der Waals surface area contributed by atoms with E-state index in [0.29, 0.717) is 17.4 Å². The molecule has 1 fully saturated rings. The van der Waals surface area contributed by atoms with Crippen LogP contribution < -0.4 is 19.7 Å². The molecule has 0 aromatic heterocycles. The van der Waals surface area contributed by atoms with Crippen LogP contribution in [0.2, 0.25) is 0 Å². The standard InChI is InChI=1S/C24H29NO3.CH2O3/c1-27-22-14-19-13-20(24(26)21(19)15-23(22)28-2)12-17-8-10-25(11-9-17)16-18-6-4-3-5-7-18;2-1(3)4/h3-7,14-15,17,20H,8-13,16H2,1-2H3;(H2,2,3,4)/p-2. The summed E-state index contributed by atoms with van der Waals surface area (Å²) >= 11 is 0. The number of hydrogen-bond donors (Lipinski definition) is 0. The fourth-order valence-corrected chi connectivity index (χ4v) is 4.71. The van der Waals surface area contributed by atoms with Gasteiger partial charge in [0.2, 0.25) is 0 Å². The van der Waals surface area contributed by atoms with E-state index < -0.39 is 6.16 Å². The quantitative estimate of drug-likeness (QED) is 0.677. The van der Waals surface area contributed by atoms with Crippen molar-refractivity contribution in [3.05, 3.63) is 59.2 Å². The van der Waals surface area contributed by atoms with Crippen molar-refractivity contribution < 1.29 is 29.3 Å². The maximum absolute atomic E-state index is 12.9. The Kier molecular flexibility index (Phi) is 8.11. The molecule has 7 heteroatoms. The van der Waals surface area contributed by atoms with Crippen molar-refractivity contribution in [2.24, 2.45) is 11.8 Å². The number of piperidine rings is 1. The lowest BCUT2D eigenvalue weighted by Crippen LogP contribution is -2.37. The molecule has 7 nitrogen and oxygen atoms in total. The summed E-state index contributed by atoms with van der Waals surface area (Å²) in [6.45, 7) is 3.27. The minimum Gasteiger partial charge on any atom is -0.652 e. The molecule has 1 atom stereocenters. The second-order valence-corrected chi connectivity index (χ2v) is 8.32. The Morgan fingerprint density at radius 1 is 1.03 bits per heavy atom. The first-order chi connectivity index (χ1) is 15.4. The van der Waals surface area contributed by atoms with Crippen molar-refractivity contribution in [1.29, 1.82) is 0 Å². The van der Waals surface area contributed by atoms with Crippen LogP contribution in [0.15, 0.2) is 42.5 Å². The Morgan fingerprint density at radius 3 is 2.22 bits per heavy atom. The van der Waals surface area contributed by atoms with E-state index in [9.17, 15) is 4.79 Å². The van der Waals surface area contributed by atoms with Gasteiger partial charge in [-0.25, -0.2) is 0 Å².